The van der Waals surface area contributed by atoms with Crippen molar-refractivity contribution in [2.75, 3.05) is 25.5 Å². The summed E-state index contributed by atoms with van der Waals surface area (Å²) in [6.07, 6.45) is -0.481. The Morgan fingerprint density at radius 2 is 2.33 bits per heavy atom. The fourth-order valence-electron chi connectivity index (χ4n) is 2.25. The molecule has 0 aliphatic carbocycles. The summed E-state index contributed by atoms with van der Waals surface area (Å²) >= 11 is 0. The van der Waals surface area contributed by atoms with E-state index in [4.69, 9.17) is 15.6 Å². The van der Waals surface area contributed by atoms with E-state index in [-0.39, 0.29) is 42.7 Å². The zero-order valence-electron chi connectivity index (χ0n) is 11.6. The molecule has 1 heterocycles. The van der Waals surface area contributed by atoms with Crippen molar-refractivity contribution in [3.63, 3.8) is 0 Å². The maximum absolute atomic E-state index is 12.6. The molecule has 2 unspecified atom stereocenters. The van der Waals surface area contributed by atoms with Gasteiger partial charge in [0.15, 0.2) is 0 Å². The smallest absolute Gasteiger partial charge is 0.282 e. The summed E-state index contributed by atoms with van der Waals surface area (Å²) in [7, 11) is 0. The predicted octanol–water partition coefficient (Wildman–Crippen LogP) is 0.399. The third-order valence-electron chi connectivity index (χ3n) is 3.42. The van der Waals surface area contributed by atoms with Gasteiger partial charge in [-0.05, 0) is 19.1 Å². The lowest BCUT2D eigenvalue weighted by Crippen LogP contribution is -2.52. The second-order valence-electron chi connectivity index (χ2n) is 4.98. The minimum Gasteiger partial charge on any atom is -0.399 e. The van der Waals surface area contributed by atoms with Crippen molar-refractivity contribution in [3.05, 3.63) is 33.9 Å². The number of carbonyl (C=O) groups excluding carboxylic acids is 1. The molecule has 114 valence electrons. The van der Waals surface area contributed by atoms with Gasteiger partial charge < -0.3 is 20.5 Å². The van der Waals surface area contributed by atoms with Crippen LogP contribution in [0.15, 0.2) is 18.2 Å². The number of rotatable bonds is 3. The molecule has 1 fully saturated rings. The minimum atomic E-state index is -0.610. The van der Waals surface area contributed by atoms with E-state index in [1.165, 1.54) is 23.1 Å². The van der Waals surface area contributed by atoms with Gasteiger partial charge in [-0.25, -0.2) is 0 Å². The summed E-state index contributed by atoms with van der Waals surface area (Å²) in [5, 5.41) is 20.2. The number of hydrogen-bond donors (Lipinski definition) is 2. The van der Waals surface area contributed by atoms with Gasteiger partial charge in [-0.1, -0.05) is 0 Å². The third-order valence-corrected chi connectivity index (χ3v) is 3.42. The lowest BCUT2D eigenvalue weighted by molar-refractivity contribution is -0.385. The highest BCUT2D eigenvalue weighted by Crippen LogP contribution is 2.25. The van der Waals surface area contributed by atoms with Crippen LogP contribution in [0, 0.1) is 10.1 Å². The van der Waals surface area contributed by atoms with E-state index in [1.54, 1.807) is 6.92 Å². The lowest BCUT2D eigenvalue weighted by atomic mass is 10.1. The van der Waals surface area contributed by atoms with Crippen LogP contribution in [-0.4, -0.2) is 52.7 Å². The largest absolute Gasteiger partial charge is 0.399 e. The van der Waals surface area contributed by atoms with Crippen molar-refractivity contribution in [2.45, 2.75) is 19.1 Å². The molecular weight excluding hydrogens is 278 g/mol. The number of carbonyl (C=O) groups is 1. The molecule has 3 N–H and O–H groups in total. The fraction of sp³-hybridized carbons (Fsp3) is 0.462. The topological polar surface area (TPSA) is 119 Å². The molecule has 1 aliphatic heterocycles. The highest BCUT2D eigenvalue weighted by molar-refractivity contribution is 5.99. The van der Waals surface area contributed by atoms with Crippen LogP contribution in [-0.2, 0) is 4.74 Å². The molecule has 0 saturated carbocycles. The molecule has 1 aromatic carbocycles. The van der Waals surface area contributed by atoms with Crippen molar-refractivity contribution in [2.24, 2.45) is 0 Å². The van der Waals surface area contributed by atoms with Crippen LogP contribution in [0.25, 0.3) is 0 Å². The molecule has 1 aliphatic rings. The molecular formula is C13H17N3O5. The molecule has 0 aromatic heterocycles. The molecule has 8 heteroatoms. The van der Waals surface area contributed by atoms with Crippen molar-refractivity contribution < 1.29 is 19.6 Å². The van der Waals surface area contributed by atoms with Crippen LogP contribution in [0.3, 0.4) is 0 Å². The molecule has 0 spiro atoms. The number of aliphatic hydroxyl groups is 1. The Kier molecular flexibility index (Phi) is 4.39. The summed E-state index contributed by atoms with van der Waals surface area (Å²) < 4.78 is 5.35. The molecule has 0 bridgehead atoms. The normalized spacial score (nSPS) is 22.1. The average molecular weight is 295 g/mol. The zero-order chi connectivity index (χ0) is 15.6. The van der Waals surface area contributed by atoms with Crippen LogP contribution in [0.5, 0.6) is 0 Å². The van der Waals surface area contributed by atoms with Crippen LogP contribution >= 0.6 is 0 Å². The van der Waals surface area contributed by atoms with Gasteiger partial charge in [0, 0.05) is 18.3 Å². The number of hydrogen-bond acceptors (Lipinski definition) is 6. The molecule has 1 amide bonds. The van der Waals surface area contributed by atoms with Gasteiger partial charge in [-0.15, -0.1) is 0 Å². The fourth-order valence-corrected chi connectivity index (χ4v) is 2.25. The van der Waals surface area contributed by atoms with Crippen molar-refractivity contribution in [3.8, 4) is 0 Å². The number of amides is 1. The Hall–Kier alpha value is -2.19. The highest BCUT2D eigenvalue weighted by Gasteiger charge is 2.33. The minimum absolute atomic E-state index is 0.0505. The standard InChI is InChI=1S/C13H17N3O5/c1-8-7-21-10(6-17)5-15(8)13(18)11-4-9(14)2-3-12(11)16(19)20/h2-4,8,10,17H,5-7,14H2,1H3. The Balaban J connectivity index is 2.34. The van der Waals surface area contributed by atoms with Gasteiger partial charge in [0.05, 0.1) is 30.3 Å². The number of nitro groups is 1. The molecule has 1 aromatic rings. The molecule has 2 atom stereocenters. The first kappa shape index (κ1) is 15.2. The van der Waals surface area contributed by atoms with Gasteiger partial charge in [0.25, 0.3) is 11.6 Å². The first-order chi connectivity index (χ1) is 9.93. The summed E-state index contributed by atoms with van der Waals surface area (Å²) in [6.45, 7) is 2.02. The number of nitrogens with zero attached hydrogens (tertiary/aromatic N) is 2. The average Bonchev–Trinajstić information content (AvgIpc) is 2.46. The maximum Gasteiger partial charge on any atom is 0.282 e. The van der Waals surface area contributed by atoms with Crippen molar-refractivity contribution in [1.82, 2.24) is 4.90 Å². The van der Waals surface area contributed by atoms with E-state index in [9.17, 15) is 14.9 Å². The van der Waals surface area contributed by atoms with Crippen molar-refractivity contribution in [1.29, 1.82) is 0 Å². The predicted molar refractivity (Wildman–Crippen MR) is 74.8 cm³/mol. The van der Waals surface area contributed by atoms with E-state index >= 15 is 0 Å². The first-order valence-corrected chi connectivity index (χ1v) is 6.51. The highest BCUT2D eigenvalue weighted by atomic mass is 16.6. The zero-order valence-corrected chi connectivity index (χ0v) is 11.6. The van der Waals surface area contributed by atoms with Gasteiger partial charge in [0.1, 0.15) is 5.56 Å². The lowest BCUT2D eigenvalue weighted by Gasteiger charge is -2.37. The van der Waals surface area contributed by atoms with Gasteiger partial charge in [-0.3, -0.25) is 14.9 Å². The second-order valence-corrected chi connectivity index (χ2v) is 4.98. The van der Waals surface area contributed by atoms with E-state index in [0.717, 1.165) is 0 Å². The van der Waals surface area contributed by atoms with Gasteiger partial charge in [-0.2, -0.15) is 0 Å². The summed E-state index contributed by atoms with van der Waals surface area (Å²) in [5.41, 5.74) is 5.57. The van der Waals surface area contributed by atoms with Crippen LogP contribution in [0.4, 0.5) is 11.4 Å². The number of nitro benzene ring substituents is 1. The number of anilines is 1. The Bertz CT molecular complexity index is 563. The second kappa shape index (κ2) is 6.06. The van der Waals surface area contributed by atoms with E-state index in [2.05, 4.69) is 0 Å². The van der Waals surface area contributed by atoms with E-state index < -0.39 is 16.9 Å². The van der Waals surface area contributed by atoms with E-state index in [0.29, 0.717) is 0 Å². The summed E-state index contributed by atoms with van der Waals surface area (Å²) in [5.74, 6) is -0.483. The quantitative estimate of drug-likeness (QED) is 0.473. The summed E-state index contributed by atoms with van der Waals surface area (Å²) in [6, 6.07) is 3.67. The number of morpholine rings is 1. The van der Waals surface area contributed by atoms with E-state index in [1.807, 2.05) is 0 Å². The number of nitrogens with two attached hydrogens (primary N) is 1. The van der Waals surface area contributed by atoms with Crippen LogP contribution < -0.4 is 5.73 Å². The third kappa shape index (κ3) is 3.11. The number of benzene rings is 1. The first-order valence-electron chi connectivity index (χ1n) is 6.51. The van der Waals surface area contributed by atoms with Gasteiger partial charge >= 0.3 is 0 Å². The molecule has 1 saturated heterocycles. The number of aliphatic hydroxyl groups excluding tert-OH is 1. The summed E-state index contributed by atoms with van der Waals surface area (Å²) in [4.78, 5) is 24.5. The molecule has 8 nitrogen and oxygen atoms in total. The SMILES string of the molecule is CC1COC(CO)CN1C(=O)c1cc(N)ccc1[N+](=O)[O-]. The number of nitrogen functional groups attached to an aromatic ring is 1. The van der Waals surface area contributed by atoms with Crippen LogP contribution in [0.1, 0.15) is 17.3 Å². The Morgan fingerprint density at radius 1 is 1.62 bits per heavy atom. The Labute approximate surface area is 121 Å². The monoisotopic (exact) mass is 295 g/mol. The van der Waals surface area contributed by atoms with Gasteiger partial charge in [0.2, 0.25) is 0 Å². The maximum atomic E-state index is 12.6. The molecule has 2 rings (SSSR count). The van der Waals surface area contributed by atoms with Crippen LogP contribution in [0.2, 0.25) is 0 Å². The van der Waals surface area contributed by atoms with Crippen molar-refractivity contribution >= 4 is 17.3 Å². The molecule has 21 heavy (non-hydrogen) atoms. The number of ether oxygens (including phenoxy) is 1. The molecule has 0 radical (unpaired) electrons. The Morgan fingerprint density at radius 3 is 2.95 bits per heavy atom.